The zero-order valence-corrected chi connectivity index (χ0v) is 20.9. The first-order chi connectivity index (χ1) is 15.7. The summed E-state index contributed by atoms with van der Waals surface area (Å²) in [6.07, 6.45) is 0. The Labute approximate surface area is 203 Å². The van der Waals surface area contributed by atoms with E-state index in [1.54, 1.807) is 28.8 Å². The topological polar surface area (TPSA) is 105 Å². The van der Waals surface area contributed by atoms with E-state index in [4.69, 9.17) is 11.6 Å². The van der Waals surface area contributed by atoms with Crippen molar-refractivity contribution in [3.8, 4) is 0 Å². The lowest BCUT2D eigenvalue weighted by Gasteiger charge is -2.17. The molecule has 0 aromatic carbocycles. The van der Waals surface area contributed by atoms with Gasteiger partial charge in [-0.2, -0.15) is 5.10 Å². The molecule has 0 unspecified atom stereocenters. The summed E-state index contributed by atoms with van der Waals surface area (Å²) in [7, 11) is 3.54. The molecule has 0 aliphatic carbocycles. The number of pyridine rings is 1. The third-order valence-electron chi connectivity index (χ3n) is 4.90. The van der Waals surface area contributed by atoms with Crippen molar-refractivity contribution in [2.24, 2.45) is 7.05 Å². The smallest absolute Gasteiger partial charge is 0.321 e. The first-order valence-corrected chi connectivity index (χ1v) is 12.1. The molecule has 0 fully saturated rings. The van der Waals surface area contributed by atoms with Gasteiger partial charge in [-0.15, -0.1) is 22.7 Å². The summed E-state index contributed by atoms with van der Waals surface area (Å²) in [5.41, 5.74) is 3.43. The van der Waals surface area contributed by atoms with E-state index in [2.05, 4.69) is 25.7 Å². The fourth-order valence-corrected chi connectivity index (χ4v) is 5.18. The SMILES string of the molecule is Cc1cc(C(=O)N(C)Cc2csc(NC(=O)NCc3ccc(Cl)s3)n2)c2c(C)nn(C)c2n1. The number of carbonyl (C=O) groups is 2. The lowest BCUT2D eigenvalue weighted by Crippen LogP contribution is -2.28. The predicted molar refractivity (Wildman–Crippen MR) is 131 cm³/mol. The van der Waals surface area contributed by atoms with Crippen LogP contribution in [0.25, 0.3) is 11.0 Å². The largest absolute Gasteiger partial charge is 0.336 e. The quantitative estimate of drug-likeness (QED) is 0.407. The van der Waals surface area contributed by atoms with Crippen molar-refractivity contribution in [1.29, 1.82) is 0 Å². The van der Waals surface area contributed by atoms with Crippen LogP contribution >= 0.6 is 34.3 Å². The molecule has 4 heterocycles. The Morgan fingerprint density at radius 2 is 2.03 bits per heavy atom. The van der Waals surface area contributed by atoms with Gasteiger partial charge in [0.1, 0.15) is 0 Å². The van der Waals surface area contributed by atoms with Crippen molar-refractivity contribution in [3.63, 3.8) is 0 Å². The summed E-state index contributed by atoms with van der Waals surface area (Å²) in [5.74, 6) is -0.142. The second-order valence-corrected chi connectivity index (χ2v) is 10.2. The number of hydrogen-bond donors (Lipinski definition) is 2. The van der Waals surface area contributed by atoms with E-state index >= 15 is 0 Å². The highest BCUT2D eigenvalue weighted by molar-refractivity contribution is 7.16. The zero-order valence-electron chi connectivity index (χ0n) is 18.5. The molecule has 0 saturated carbocycles. The molecule has 12 heteroatoms. The number of urea groups is 1. The molecule has 4 aromatic heterocycles. The standard InChI is InChI=1S/C21H22ClN7O2S2/c1-11-7-15(17-12(2)27-29(4)18(17)24-11)19(30)28(3)9-13-10-32-21(25-13)26-20(31)23-8-14-5-6-16(22)33-14/h5-7,10H,8-9H2,1-4H3,(H2,23,25,26,31). The second-order valence-electron chi connectivity index (χ2n) is 7.54. The molecule has 2 N–H and O–H groups in total. The number of thiazole rings is 1. The monoisotopic (exact) mass is 503 g/mol. The van der Waals surface area contributed by atoms with E-state index < -0.39 is 0 Å². The number of carbonyl (C=O) groups excluding carboxylic acids is 2. The highest BCUT2D eigenvalue weighted by atomic mass is 35.5. The number of anilines is 1. The summed E-state index contributed by atoms with van der Waals surface area (Å²) >= 11 is 8.62. The Morgan fingerprint density at radius 1 is 1.24 bits per heavy atom. The van der Waals surface area contributed by atoms with Gasteiger partial charge in [0.05, 0.1) is 39.8 Å². The van der Waals surface area contributed by atoms with Crippen molar-refractivity contribution in [1.82, 2.24) is 30.0 Å². The summed E-state index contributed by atoms with van der Waals surface area (Å²) in [6, 6.07) is 5.09. The number of thiophene rings is 1. The first-order valence-electron chi connectivity index (χ1n) is 10.0. The third kappa shape index (κ3) is 5.15. The van der Waals surface area contributed by atoms with Gasteiger partial charge in [0, 0.05) is 30.0 Å². The van der Waals surface area contributed by atoms with Gasteiger partial charge in [0.25, 0.3) is 5.91 Å². The van der Waals surface area contributed by atoms with Crippen LogP contribution in [0.1, 0.15) is 32.3 Å². The minimum absolute atomic E-state index is 0.142. The molecule has 0 spiro atoms. The fraction of sp³-hybridized carbons (Fsp3) is 0.286. The maximum Gasteiger partial charge on any atom is 0.321 e. The highest BCUT2D eigenvalue weighted by Crippen LogP contribution is 2.24. The average Bonchev–Trinajstić information content (AvgIpc) is 3.45. The molecule has 4 rings (SSSR count). The number of rotatable bonds is 6. The maximum atomic E-state index is 13.2. The van der Waals surface area contributed by atoms with E-state index in [1.165, 1.54) is 22.7 Å². The number of hydrogen-bond acceptors (Lipinski definition) is 7. The number of aromatic nitrogens is 4. The molecule has 0 atom stereocenters. The number of nitrogens with zero attached hydrogens (tertiary/aromatic N) is 5. The van der Waals surface area contributed by atoms with Gasteiger partial charge in [0.2, 0.25) is 0 Å². The molecule has 0 aliphatic heterocycles. The van der Waals surface area contributed by atoms with Gasteiger partial charge in [-0.25, -0.2) is 14.8 Å². The number of amides is 3. The van der Waals surface area contributed by atoms with Gasteiger partial charge >= 0.3 is 6.03 Å². The molecule has 33 heavy (non-hydrogen) atoms. The van der Waals surface area contributed by atoms with E-state index in [1.807, 2.05) is 32.3 Å². The van der Waals surface area contributed by atoms with Crippen LogP contribution in [0.15, 0.2) is 23.6 Å². The molecule has 4 aromatic rings. The minimum atomic E-state index is -0.355. The van der Waals surface area contributed by atoms with Crippen LogP contribution in [0.5, 0.6) is 0 Å². The molecule has 0 bridgehead atoms. The summed E-state index contributed by atoms with van der Waals surface area (Å²) in [5, 5.41) is 12.9. The molecule has 172 valence electrons. The lowest BCUT2D eigenvalue weighted by atomic mass is 10.1. The maximum absolute atomic E-state index is 13.2. The Bertz CT molecular complexity index is 1340. The number of fused-ring (bicyclic) bond motifs is 1. The molecular weight excluding hydrogens is 482 g/mol. The van der Waals surface area contributed by atoms with Gasteiger partial charge in [0.15, 0.2) is 10.8 Å². The van der Waals surface area contributed by atoms with Gasteiger partial charge < -0.3 is 10.2 Å². The Kier molecular flexibility index (Phi) is 6.63. The van der Waals surface area contributed by atoms with Crippen LogP contribution < -0.4 is 10.6 Å². The predicted octanol–water partition coefficient (Wildman–Crippen LogP) is 4.35. The van der Waals surface area contributed by atoms with Gasteiger partial charge in [-0.05, 0) is 32.0 Å². The Balaban J connectivity index is 1.40. The van der Waals surface area contributed by atoms with Crippen LogP contribution in [0.4, 0.5) is 9.93 Å². The van der Waals surface area contributed by atoms with Crippen molar-refractivity contribution in [2.45, 2.75) is 26.9 Å². The molecule has 0 saturated heterocycles. The number of aryl methyl sites for hydroxylation is 3. The van der Waals surface area contributed by atoms with Crippen molar-refractivity contribution in [3.05, 3.63) is 55.4 Å². The van der Waals surface area contributed by atoms with E-state index in [0.717, 1.165) is 21.7 Å². The van der Waals surface area contributed by atoms with E-state index in [0.29, 0.717) is 39.5 Å². The van der Waals surface area contributed by atoms with Gasteiger partial charge in [-0.3, -0.25) is 14.8 Å². The minimum Gasteiger partial charge on any atom is -0.336 e. The van der Waals surface area contributed by atoms with Crippen molar-refractivity contribution >= 4 is 62.4 Å². The van der Waals surface area contributed by atoms with E-state index in [-0.39, 0.29) is 11.9 Å². The summed E-state index contributed by atoms with van der Waals surface area (Å²) in [6.45, 7) is 4.41. The van der Waals surface area contributed by atoms with Crippen molar-refractivity contribution < 1.29 is 9.59 Å². The van der Waals surface area contributed by atoms with Crippen LogP contribution in [0.3, 0.4) is 0 Å². The number of nitrogens with one attached hydrogen (secondary N) is 2. The average molecular weight is 504 g/mol. The fourth-order valence-electron chi connectivity index (χ4n) is 3.45. The summed E-state index contributed by atoms with van der Waals surface area (Å²) < 4.78 is 2.36. The number of halogens is 1. The van der Waals surface area contributed by atoms with Crippen LogP contribution in [0, 0.1) is 13.8 Å². The van der Waals surface area contributed by atoms with Crippen LogP contribution in [-0.4, -0.2) is 43.6 Å². The second kappa shape index (κ2) is 9.46. The highest BCUT2D eigenvalue weighted by Gasteiger charge is 2.21. The lowest BCUT2D eigenvalue weighted by molar-refractivity contribution is 0.0785. The van der Waals surface area contributed by atoms with Crippen LogP contribution in [-0.2, 0) is 20.1 Å². The summed E-state index contributed by atoms with van der Waals surface area (Å²) in [4.78, 5) is 36.9. The third-order valence-corrected chi connectivity index (χ3v) is 6.93. The molecule has 9 nitrogen and oxygen atoms in total. The Hall–Kier alpha value is -3.02. The first kappa shape index (κ1) is 23.1. The molecule has 0 aliphatic rings. The normalized spacial score (nSPS) is 11.1. The van der Waals surface area contributed by atoms with E-state index in [9.17, 15) is 9.59 Å². The molecule has 3 amide bonds. The van der Waals surface area contributed by atoms with Crippen LogP contribution in [0.2, 0.25) is 4.34 Å². The molecular formula is C21H22ClN7O2S2. The zero-order chi connectivity index (χ0) is 23.7. The van der Waals surface area contributed by atoms with Gasteiger partial charge in [-0.1, -0.05) is 11.6 Å². The molecule has 0 radical (unpaired) electrons. The Morgan fingerprint density at radius 3 is 2.76 bits per heavy atom. The van der Waals surface area contributed by atoms with Crippen molar-refractivity contribution in [2.75, 3.05) is 12.4 Å².